The Morgan fingerprint density at radius 2 is 1.70 bits per heavy atom. The van der Waals surface area contributed by atoms with Crippen molar-refractivity contribution >= 4 is 35.9 Å². The number of rotatable bonds is 14. The minimum atomic E-state index is -2.03. The van der Waals surface area contributed by atoms with Crippen LogP contribution in [0.3, 0.4) is 0 Å². The number of carbonyl (C=O) groups excluding carboxylic acids is 4. The molecule has 0 spiro atoms. The third kappa shape index (κ3) is 11.6. The number of hydrogen-bond donors (Lipinski definition) is 9. The SMILES string of the molecule is CC(C)(C)OC(=O)NOCCNC(=O)[C@H](CC(=O)O)NC(=O)c1cc(COC(N)=O)ccc1O[C@@H]1O[C@H](C(=O)O)[C@@H](O)[C@H](O)[C@H]1O. The summed E-state index contributed by atoms with van der Waals surface area (Å²) in [5.74, 6) is -5.69. The molecule has 256 valence electrons. The highest BCUT2D eigenvalue weighted by atomic mass is 16.7. The highest BCUT2D eigenvalue weighted by Gasteiger charge is 2.48. The zero-order chi connectivity index (χ0) is 34.8. The molecule has 1 aliphatic rings. The Balaban J connectivity index is 2.22. The van der Waals surface area contributed by atoms with Crippen LogP contribution >= 0.6 is 0 Å². The number of primary amides is 1. The van der Waals surface area contributed by atoms with Crippen LogP contribution in [0.4, 0.5) is 9.59 Å². The second-order valence-electron chi connectivity index (χ2n) is 10.7. The van der Waals surface area contributed by atoms with Gasteiger partial charge < -0.3 is 60.8 Å². The van der Waals surface area contributed by atoms with Crippen LogP contribution in [0.25, 0.3) is 0 Å². The number of aliphatic hydroxyl groups is 3. The van der Waals surface area contributed by atoms with E-state index in [1.807, 2.05) is 5.48 Å². The molecule has 1 aromatic rings. The second-order valence-corrected chi connectivity index (χ2v) is 10.7. The molecular weight excluding hydrogens is 624 g/mol. The second kappa shape index (κ2) is 16.5. The first-order chi connectivity index (χ1) is 21.4. The van der Waals surface area contributed by atoms with Gasteiger partial charge in [0.1, 0.15) is 42.3 Å². The van der Waals surface area contributed by atoms with E-state index in [1.165, 1.54) is 6.07 Å². The average Bonchev–Trinajstić information content (AvgIpc) is 2.94. The summed E-state index contributed by atoms with van der Waals surface area (Å²) in [5.41, 5.74) is 5.87. The number of carboxylic acids is 2. The van der Waals surface area contributed by atoms with Crippen molar-refractivity contribution in [1.29, 1.82) is 0 Å². The van der Waals surface area contributed by atoms with Gasteiger partial charge in [-0.1, -0.05) is 6.07 Å². The summed E-state index contributed by atoms with van der Waals surface area (Å²) < 4.78 is 20.2. The van der Waals surface area contributed by atoms with Crippen molar-refractivity contribution in [3.63, 3.8) is 0 Å². The van der Waals surface area contributed by atoms with Gasteiger partial charge in [0.25, 0.3) is 5.91 Å². The Labute approximate surface area is 260 Å². The number of nitrogens with two attached hydrogens (primary N) is 1. The number of benzene rings is 1. The quantitative estimate of drug-likeness (QED) is 0.0748. The lowest BCUT2D eigenvalue weighted by Gasteiger charge is -2.38. The average molecular weight is 661 g/mol. The largest absolute Gasteiger partial charge is 0.481 e. The minimum absolute atomic E-state index is 0.147. The van der Waals surface area contributed by atoms with Gasteiger partial charge in [-0.3, -0.25) is 19.2 Å². The zero-order valence-electron chi connectivity index (χ0n) is 24.8. The number of hydrogen-bond acceptors (Lipinski definition) is 14. The molecule has 46 heavy (non-hydrogen) atoms. The normalized spacial score (nSPS) is 21.7. The molecule has 0 bridgehead atoms. The van der Waals surface area contributed by atoms with Crippen molar-refractivity contribution in [2.45, 2.75) is 76.1 Å². The number of ether oxygens (including phenoxy) is 4. The summed E-state index contributed by atoms with van der Waals surface area (Å²) in [7, 11) is 0. The van der Waals surface area contributed by atoms with Crippen molar-refractivity contribution in [3.05, 3.63) is 29.3 Å². The molecular formula is C26H36N4O16. The molecule has 4 amide bonds. The summed E-state index contributed by atoms with van der Waals surface area (Å²) in [5, 5.41) is 53.5. The van der Waals surface area contributed by atoms with Crippen LogP contribution in [0.2, 0.25) is 0 Å². The number of carboxylic acid groups (broad SMARTS) is 2. The lowest BCUT2D eigenvalue weighted by molar-refractivity contribution is -0.271. The summed E-state index contributed by atoms with van der Waals surface area (Å²) in [6.07, 6.45) is -13.0. The van der Waals surface area contributed by atoms with E-state index in [0.29, 0.717) is 0 Å². The van der Waals surface area contributed by atoms with Crippen LogP contribution in [0.5, 0.6) is 5.75 Å². The topological polar surface area (TPSA) is 312 Å². The van der Waals surface area contributed by atoms with Gasteiger partial charge in [0, 0.05) is 6.54 Å². The maximum Gasteiger partial charge on any atom is 0.431 e. The molecule has 0 aromatic heterocycles. The maximum atomic E-state index is 13.4. The fourth-order valence-corrected chi connectivity index (χ4v) is 3.75. The summed E-state index contributed by atoms with van der Waals surface area (Å²) in [4.78, 5) is 76.6. The number of aliphatic hydroxyl groups excluding tert-OH is 3. The predicted molar refractivity (Wildman–Crippen MR) is 148 cm³/mol. The Kier molecular flexibility index (Phi) is 13.4. The number of aliphatic carboxylic acids is 2. The molecule has 0 radical (unpaired) electrons. The monoisotopic (exact) mass is 660 g/mol. The van der Waals surface area contributed by atoms with Crippen molar-refractivity contribution in [1.82, 2.24) is 16.1 Å². The number of nitrogens with one attached hydrogen (secondary N) is 3. The van der Waals surface area contributed by atoms with Crippen molar-refractivity contribution in [2.75, 3.05) is 13.2 Å². The maximum absolute atomic E-state index is 13.4. The van der Waals surface area contributed by atoms with Crippen LogP contribution in [-0.2, 0) is 40.0 Å². The zero-order valence-corrected chi connectivity index (χ0v) is 24.8. The smallest absolute Gasteiger partial charge is 0.431 e. The summed E-state index contributed by atoms with van der Waals surface area (Å²) in [6, 6.07) is 1.79. The van der Waals surface area contributed by atoms with E-state index in [1.54, 1.807) is 20.8 Å². The molecule has 6 atom stereocenters. The molecule has 0 saturated carbocycles. The number of hydroxylamine groups is 1. The van der Waals surface area contributed by atoms with E-state index < -0.39 is 103 Å². The molecule has 1 heterocycles. The Morgan fingerprint density at radius 3 is 2.28 bits per heavy atom. The van der Waals surface area contributed by atoms with Crippen molar-refractivity contribution in [3.8, 4) is 5.75 Å². The highest BCUT2D eigenvalue weighted by Crippen LogP contribution is 2.28. The van der Waals surface area contributed by atoms with Gasteiger partial charge in [0.2, 0.25) is 12.2 Å². The fraction of sp³-hybridized carbons (Fsp3) is 0.538. The standard InChI is InChI=1S/C26H36N4O16/c1-26(2,3)46-25(41)30-43-7-6-28-21(37)13(9-15(31)32)29-20(36)12-8-11(10-42-24(27)40)4-5-14(12)44-23-18(35)16(33)17(34)19(45-23)22(38)39/h4-5,8,13,16-19,23,33-35H,6-7,9-10H2,1-3H3,(H2,27,40)(H,28,37)(H,29,36)(H,30,41)(H,31,32)(H,38,39)/t13-,16-,17-,18+,19-,23+/m0/s1. The molecule has 20 nitrogen and oxygen atoms in total. The van der Waals surface area contributed by atoms with Crippen molar-refractivity contribution < 1.29 is 78.1 Å². The molecule has 1 aliphatic heterocycles. The first-order valence-electron chi connectivity index (χ1n) is 13.4. The third-order valence-electron chi connectivity index (χ3n) is 5.78. The van der Waals surface area contributed by atoms with E-state index in [9.17, 15) is 54.3 Å². The van der Waals surface area contributed by atoms with E-state index in [0.717, 1.165) is 12.1 Å². The van der Waals surface area contributed by atoms with E-state index in [2.05, 4.69) is 10.6 Å². The van der Waals surface area contributed by atoms with Gasteiger partial charge >= 0.3 is 24.1 Å². The molecule has 1 saturated heterocycles. The molecule has 2 rings (SSSR count). The molecule has 10 N–H and O–H groups in total. The van der Waals surface area contributed by atoms with Gasteiger partial charge in [0.15, 0.2) is 6.10 Å². The van der Waals surface area contributed by atoms with Gasteiger partial charge in [-0.2, -0.15) is 5.48 Å². The van der Waals surface area contributed by atoms with Crippen LogP contribution in [-0.4, -0.2) is 117 Å². The van der Waals surface area contributed by atoms with Gasteiger partial charge in [-0.15, -0.1) is 0 Å². The van der Waals surface area contributed by atoms with Crippen LogP contribution < -0.4 is 26.6 Å². The van der Waals surface area contributed by atoms with Gasteiger partial charge in [-0.05, 0) is 38.5 Å². The molecule has 0 unspecified atom stereocenters. The number of carbonyl (C=O) groups is 6. The molecule has 20 heteroatoms. The first-order valence-corrected chi connectivity index (χ1v) is 13.4. The van der Waals surface area contributed by atoms with Crippen LogP contribution in [0.15, 0.2) is 18.2 Å². The lowest BCUT2D eigenvalue weighted by Crippen LogP contribution is -2.61. The Hall–Kier alpha value is -4.76. The lowest BCUT2D eigenvalue weighted by atomic mass is 9.99. The highest BCUT2D eigenvalue weighted by molar-refractivity contribution is 6.00. The Morgan fingerprint density at radius 1 is 1.02 bits per heavy atom. The van der Waals surface area contributed by atoms with Crippen LogP contribution in [0, 0.1) is 0 Å². The van der Waals surface area contributed by atoms with Crippen LogP contribution in [0.1, 0.15) is 43.1 Å². The molecule has 0 aliphatic carbocycles. The van der Waals surface area contributed by atoms with Crippen molar-refractivity contribution in [2.24, 2.45) is 5.73 Å². The summed E-state index contributed by atoms with van der Waals surface area (Å²) >= 11 is 0. The third-order valence-corrected chi connectivity index (χ3v) is 5.78. The number of amides is 4. The molecule has 1 fully saturated rings. The minimum Gasteiger partial charge on any atom is -0.481 e. The Bertz CT molecular complexity index is 1280. The van der Waals surface area contributed by atoms with E-state index >= 15 is 0 Å². The summed E-state index contributed by atoms with van der Waals surface area (Å²) in [6.45, 7) is 3.91. The first kappa shape index (κ1) is 37.4. The molecule has 1 aromatic carbocycles. The van der Waals surface area contributed by atoms with Gasteiger partial charge in [0.05, 0.1) is 18.6 Å². The fourth-order valence-electron chi connectivity index (χ4n) is 3.75. The predicted octanol–water partition coefficient (Wildman–Crippen LogP) is -2.30. The van der Waals surface area contributed by atoms with Gasteiger partial charge in [-0.25, -0.2) is 14.4 Å². The van der Waals surface area contributed by atoms with E-state index in [-0.39, 0.29) is 18.7 Å². The van der Waals surface area contributed by atoms with E-state index in [4.69, 9.17) is 29.5 Å².